The van der Waals surface area contributed by atoms with Crippen molar-refractivity contribution in [1.82, 2.24) is 0 Å². The first-order chi connectivity index (χ1) is 30.5. The highest BCUT2D eigenvalue weighted by atomic mass is 16.3. The molecule has 9 atom stereocenters. The Kier molecular flexibility index (Phi) is 11.0. The van der Waals surface area contributed by atoms with Gasteiger partial charge in [0, 0.05) is 16.9 Å². The minimum atomic E-state index is 0.371. The highest BCUT2D eigenvalue weighted by Gasteiger charge is 2.50. The first-order valence-electron chi connectivity index (χ1n) is 24.7. The Morgan fingerprint density at radius 2 is 1.53 bits per heavy atom. The molecule has 1 heteroatoms. The third-order valence-electron chi connectivity index (χ3n) is 16.7. The van der Waals surface area contributed by atoms with E-state index in [0.29, 0.717) is 53.1 Å². The van der Waals surface area contributed by atoms with Crippen LogP contribution in [0.5, 0.6) is 5.75 Å². The van der Waals surface area contributed by atoms with Gasteiger partial charge in [-0.25, -0.2) is 0 Å². The van der Waals surface area contributed by atoms with E-state index in [1.807, 2.05) is 0 Å². The quantitative estimate of drug-likeness (QED) is 0.263. The summed E-state index contributed by atoms with van der Waals surface area (Å²) in [4.78, 5) is 0. The molecule has 0 spiro atoms. The van der Waals surface area contributed by atoms with Gasteiger partial charge in [-0.2, -0.15) is 0 Å². The van der Waals surface area contributed by atoms with Crippen molar-refractivity contribution < 1.29 is 5.11 Å². The van der Waals surface area contributed by atoms with Gasteiger partial charge in [0.1, 0.15) is 5.75 Å². The topological polar surface area (TPSA) is 20.2 Å². The molecule has 0 aliphatic heterocycles. The van der Waals surface area contributed by atoms with Crippen LogP contribution < -0.4 is 0 Å². The molecule has 11 rings (SSSR count). The van der Waals surface area contributed by atoms with E-state index < -0.39 is 0 Å². The second-order valence-electron chi connectivity index (χ2n) is 20.4. The Morgan fingerprint density at radius 3 is 2.31 bits per heavy atom. The van der Waals surface area contributed by atoms with Gasteiger partial charge >= 0.3 is 0 Å². The van der Waals surface area contributed by atoms with Crippen LogP contribution in [0.3, 0.4) is 0 Å². The maximum atomic E-state index is 12.6. The van der Waals surface area contributed by atoms with Crippen LogP contribution in [-0.2, 0) is 12.8 Å². The molecule has 9 unspecified atom stereocenters. The van der Waals surface area contributed by atoms with Gasteiger partial charge in [-0.3, -0.25) is 0 Å². The molecule has 0 aromatic heterocycles. The SMILES string of the molecule is CC(CC1=CC2C(C=C1)C1=C(C3=CC=CCC3C(C3C=CC=CC3)C1)C(C)C2C1CC=CCC1)Cc1c(C2=CCCC=C2)cc2c3c(c(C4=CCCC=C4)cc2c1O)CCC=C3. The lowest BCUT2D eigenvalue weighted by Crippen LogP contribution is -2.44. The number of rotatable bonds is 8. The lowest BCUT2D eigenvalue weighted by molar-refractivity contribution is 0.136. The van der Waals surface area contributed by atoms with Crippen LogP contribution in [-0.4, -0.2) is 5.11 Å². The van der Waals surface area contributed by atoms with Gasteiger partial charge in [-0.15, -0.1) is 0 Å². The van der Waals surface area contributed by atoms with Crippen molar-refractivity contribution in [2.45, 2.75) is 104 Å². The molecule has 1 nitrogen and oxygen atoms in total. The van der Waals surface area contributed by atoms with E-state index in [1.165, 1.54) is 82.9 Å². The highest BCUT2D eigenvalue weighted by Crippen LogP contribution is 2.60. The fraction of sp³-hybridized carbons (Fsp3) is 0.410. The van der Waals surface area contributed by atoms with Crippen molar-refractivity contribution in [1.29, 1.82) is 0 Å². The number of hydrogen-bond acceptors (Lipinski definition) is 1. The van der Waals surface area contributed by atoms with E-state index >= 15 is 0 Å². The predicted molar refractivity (Wildman–Crippen MR) is 263 cm³/mol. The number of benzene rings is 2. The fourth-order valence-corrected chi connectivity index (χ4v) is 14.0. The summed E-state index contributed by atoms with van der Waals surface area (Å²) in [7, 11) is 0. The standard InChI is InChI=1S/C61H66O/c1-39(34-57-53(44-23-11-5-12-24-44)36-54-47-28-16-15-27-46(47)52(38-58(54)61(57)62)43-21-9-4-10-22-43)33-41-31-32-49-55(35-41)59(45-25-13-6-14-26-45)40(2)60-50-30-18-17-29-48(50)51(37-56(49)60)42-19-7-3-8-20-42/h3,6-9,11,13,16-19,21-24,28,30-32,35-36,38-40,42,45,48-49,51,55,59,62H,4-5,10,12,14-15,20,25-27,29,33-34,37H2,1-2H3. The van der Waals surface area contributed by atoms with E-state index in [0.717, 1.165) is 68.2 Å². The summed E-state index contributed by atoms with van der Waals surface area (Å²) in [6.07, 6.45) is 64.2. The molecule has 1 N–H and O–H groups in total. The summed E-state index contributed by atoms with van der Waals surface area (Å²) < 4.78 is 0. The average molecular weight is 815 g/mol. The van der Waals surface area contributed by atoms with Crippen molar-refractivity contribution in [3.8, 4) is 5.75 Å². The van der Waals surface area contributed by atoms with E-state index in [1.54, 1.807) is 16.7 Å². The van der Waals surface area contributed by atoms with Crippen molar-refractivity contribution in [2.24, 2.45) is 53.3 Å². The van der Waals surface area contributed by atoms with Crippen molar-refractivity contribution >= 4 is 28.0 Å². The third-order valence-corrected chi connectivity index (χ3v) is 16.7. The van der Waals surface area contributed by atoms with Gasteiger partial charge in [0.2, 0.25) is 0 Å². The van der Waals surface area contributed by atoms with Crippen LogP contribution in [0.25, 0.3) is 28.0 Å². The molecule has 0 radical (unpaired) electrons. The second-order valence-corrected chi connectivity index (χ2v) is 20.4. The van der Waals surface area contributed by atoms with Crippen LogP contribution in [0.4, 0.5) is 0 Å². The number of hydrogen-bond donors (Lipinski definition) is 1. The zero-order chi connectivity index (χ0) is 41.7. The molecular weight excluding hydrogens is 749 g/mol. The molecule has 2 aromatic rings. The van der Waals surface area contributed by atoms with E-state index in [4.69, 9.17) is 0 Å². The van der Waals surface area contributed by atoms with Gasteiger partial charge in [-0.05, 0) is 199 Å². The van der Waals surface area contributed by atoms with Crippen LogP contribution in [0.2, 0.25) is 0 Å². The third kappa shape index (κ3) is 7.16. The van der Waals surface area contributed by atoms with Crippen molar-refractivity contribution in [3.05, 3.63) is 178 Å². The number of fused-ring (bicyclic) bond motifs is 7. The monoisotopic (exact) mass is 815 g/mol. The second kappa shape index (κ2) is 17.0. The van der Waals surface area contributed by atoms with Crippen molar-refractivity contribution in [2.75, 3.05) is 0 Å². The fourth-order valence-electron chi connectivity index (χ4n) is 14.0. The Bertz CT molecular complexity index is 2560. The maximum Gasteiger partial charge on any atom is 0.127 e. The minimum absolute atomic E-state index is 0.371. The molecule has 9 aliphatic rings. The molecule has 62 heavy (non-hydrogen) atoms. The zero-order valence-electron chi connectivity index (χ0n) is 37.2. The molecule has 0 saturated carbocycles. The van der Waals surface area contributed by atoms with Crippen LogP contribution in [0.15, 0.2) is 150 Å². The summed E-state index contributed by atoms with van der Waals surface area (Å²) in [5, 5.41) is 14.9. The average Bonchev–Trinajstić information content (AvgIpc) is 3.33. The summed E-state index contributed by atoms with van der Waals surface area (Å²) in [5.41, 5.74) is 15.7. The molecule has 0 saturated heterocycles. The summed E-state index contributed by atoms with van der Waals surface area (Å²) >= 11 is 0. The van der Waals surface area contributed by atoms with E-state index in [2.05, 4.69) is 148 Å². The van der Waals surface area contributed by atoms with Gasteiger partial charge in [0.25, 0.3) is 0 Å². The maximum absolute atomic E-state index is 12.6. The first-order valence-corrected chi connectivity index (χ1v) is 24.7. The van der Waals surface area contributed by atoms with Gasteiger partial charge in [0.15, 0.2) is 0 Å². The summed E-state index contributed by atoms with van der Waals surface area (Å²) in [6, 6.07) is 4.79. The smallest absolute Gasteiger partial charge is 0.127 e. The minimum Gasteiger partial charge on any atom is -0.507 e. The number of phenolic OH excluding ortho intramolecular Hbond substituents is 1. The molecule has 0 amide bonds. The molecule has 2 aromatic carbocycles. The van der Waals surface area contributed by atoms with Gasteiger partial charge in [0.05, 0.1) is 0 Å². The molecule has 0 heterocycles. The molecule has 0 fully saturated rings. The lowest BCUT2D eigenvalue weighted by Gasteiger charge is -2.53. The predicted octanol–water partition coefficient (Wildman–Crippen LogP) is 15.8. The Hall–Kier alpha value is -4.88. The molecular formula is C61H66O. The van der Waals surface area contributed by atoms with E-state index in [-0.39, 0.29) is 0 Å². The highest BCUT2D eigenvalue weighted by molar-refractivity contribution is 6.03. The summed E-state index contributed by atoms with van der Waals surface area (Å²) in [5.74, 6) is 5.73. The normalized spacial score (nSPS) is 31.2. The van der Waals surface area contributed by atoms with Crippen LogP contribution in [0, 0.1) is 53.3 Å². The molecule has 9 aliphatic carbocycles. The largest absolute Gasteiger partial charge is 0.507 e. The van der Waals surface area contributed by atoms with Gasteiger partial charge in [-0.1, -0.05) is 147 Å². The molecule has 316 valence electrons. The molecule has 0 bridgehead atoms. The van der Waals surface area contributed by atoms with Crippen molar-refractivity contribution in [3.63, 3.8) is 0 Å². The van der Waals surface area contributed by atoms with Crippen LogP contribution in [0.1, 0.15) is 119 Å². The van der Waals surface area contributed by atoms with Gasteiger partial charge < -0.3 is 5.11 Å². The first kappa shape index (κ1) is 39.9. The number of aromatic hydroxyl groups is 1. The number of allylic oxidation sites excluding steroid dienone is 25. The zero-order valence-corrected chi connectivity index (χ0v) is 37.2. The Morgan fingerprint density at radius 1 is 0.726 bits per heavy atom. The summed E-state index contributed by atoms with van der Waals surface area (Å²) in [6.45, 7) is 5.06. The Labute approximate surface area is 372 Å². The number of phenols is 1. The van der Waals surface area contributed by atoms with Crippen LogP contribution >= 0.6 is 0 Å². The van der Waals surface area contributed by atoms with E-state index in [9.17, 15) is 5.11 Å². The Balaban J connectivity index is 0.949. The lowest BCUT2D eigenvalue weighted by atomic mass is 9.51.